The lowest BCUT2D eigenvalue weighted by Gasteiger charge is -2.21. The molecule has 0 radical (unpaired) electrons. The fourth-order valence-electron chi connectivity index (χ4n) is 2.02. The molecule has 108 valence electrons. The van der Waals surface area contributed by atoms with Gasteiger partial charge in [-0.15, -0.1) is 11.3 Å². The van der Waals surface area contributed by atoms with E-state index in [1.165, 1.54) is 12.3 Å². The largest absolute Gasteiger partial charge is 0.356 e. The van der Waals surface area contributed by atoms with E-state index in [4.69, 9.17) is 5.26 Å². The Morgan fingerprint density at radius 2 is 2.24 bits per heavy atom. The number of pyridine rings is 1. The van der Waals surface area contributed by atoms with Gasteiger partial charge in [-0.05, 0) is 23.4 Å². The minimum Gasteiger partial charge on any atom is -0.356 e. The Kier molecular flexibility index (Phi) is 4.50. The molecule has 0 fully saturated rings. The fraction of sp³-hybridized carbons (Fsp3) is 0.286. The van der Waals surface area contributed by atoms with Crippen LogP contribution < -0.4 is 5.32 Å². The summed E-state index contributed by atoms with van der Waals surface area (Å²) >= 11 is 1.58. The molecule has 1 unspecified atom stereocenters. The fourth-order valence-corrected chi connectivity index (χ4v) is 2.97. The zero-order valence-electron chi connectivity index (χ0n) is 11.6. The van der Waals surface area contributed by atoms with Gasteiger partial charge in [0, 0.05) is 11.1 Å². The normalized spacial score (nSPS) is 11.9. The van der Waals surface area contributed by atoms with Gasteiger partial charge in [-0.3, -0.25) is 10.1 Å². The van der Waals surface area contributed by atoms with Crippen molar-refractivity contribution in [2.45, 2.75) is 19.9 Å². The Labute approximate surface area is 126 Å². The van der Waals surface area contributed by atoms with E-state index in [0.29, 0.717) is 0 Å². The quantitative estimate of drug-likeness (QED) is 0.671. The van der Waals surface area contributed by atoms with Crippen molar-refractivity contribution in [3.63, 3.8) is 0 Å². The smallest absolute Gasteiger partial charge is 0.328 e. The molecular weight excluding hydrogens is 288 g/mol. The molecule has 0 saturated heterocycles. The van der Waals surface area contributed by atoms with Crippen molar-refractivity contribution < 1.29 is 4.92 Å². The van der Waals surface area contributed by atoms with E-state index in [9.17, 15) is 10.1 Å². The molecule has 0 aromatic carbocycles. The molecular formula is C14H14N4O2S. The van der Waals surface area contributed by atoms with Crippen LogP contribution in [0.4, 0.5) is 11.5 Å². The summed E-state index contributed by atoms with van der Waals surface area (Å²) in [5, 5.41) is 25.3. The highest BCUT2D eigenvalue weighted by atomic mass is 32.1. The number of rotatable bonds is 5. The minimum atomic E-state index is -0.570. The molecule has 2 rings (SSSR count). The second-order valence-electron chi connectivity index (χ2n) is 4.81. The van der Waals surface area contributed by atoms with Crippen LogP contribution in [-0.2, 0) is 0 Å². The van der Waals surface area contributed by atoms with Gasteiger partial charge in [-0.1, -0.05) is 19.9 Å². The van der Waals surface area contributed by atoms with E-state index < -0.39 is 4.92 Å². The number of nitrogens with one attached hydrogen (secondary N) is 1. The number of hydrogen-bond donors (Lipinski definition) is 1. The van der Waals surface area contributed by atoms with Gasteiger partial charge < -0.3 is 5.32 Å². The maximum atomic E-state index is 11.2. The van der Waals surface area contributed by atoms with E-state index in [1.807, 2.05) is 37.4 Å². The number of nitriles is 1. The van der Waals surface area contributed by atoms with E-state index in [2.05, 4.69) is 10.3 Å². The molecule has 0 bridgehead atoms. The van der Waals surface area contributed by atoms with Crippen molar-refractivity contribution in [1.29, 1.82) is 5.26 Å². The maximum absolute atomic E-state index is 11.2. The Bertz CT molecular complexity index is 677. The van der Waals surface area contributed by atoms with Crippen molar-refractivity contribution in [3.05, 3.63) is 50.3 Å². The highest BCUT2D eigenvalue weighted by Gasteiger charge is 2.25. The first-order valence-corrected chi connectivity index (χ1v) is 7.26. The molecule has 1 N–H and O–H groups in total. The summed E-state index contributed by atoms with van der Waals surface area (Å²) in [6.45, 7) is 4.05. The van der Waals surface area contributed by atoms with Crippen molar-refractivity contribution in [2.75, 3.05) is 5.32 Å². The summed E-state index contributed by atoms with van der Waals surface area (Å²) in [5.74, 6) is 0.349. The van der Waals surface area contributed by atoms with E-state index >= 15 is 0 Å². The number of nitro groups is 1. The summed E-state index contributed by atoms with van der Waals surface area (Å²) in [6, 6.07) is 7.00. The predicted molar refractivity (Wildman–Crippen MR) is 81.1 cm³/mol. The Hall–Kier alpha value is -2.46. The molecule has 2 aromatic rings. The number of thiophene rings is 1. The van der Waals surface area contributed by atoms with Gasteiger partial charge in [0.15, 0.2) is 0 Å². The third kappa shape index (κ3) is 3.17. The van der Waals surface area contributed by atoms with Crippen LogP contribution in [0.5, 0.6) is 0 Å². The van der Waals surface area contributed by atoms with Crippen molar-refractivity contribution >= 4 is 22.8 Å². The summed E-state index contributed by atoms with van der Waals surface area (Å²) in [6.07, 6.45) is 1.40. The number of hydrogen-bond acceptors (Lipinski definition) is 6. The van der Waals surface area contributed by atoms with Crippen LogP contribution in [0.25, 0.3) is 0 Å². The average molecular weight is 302 g/mol. The lowest BCUT2D eigenvalue weighted by Crippen LogP contribution is -2.17. The summed E-state index contributed by atoms with van der Waals surface area (Å²) in [4.78, 5) is 15.8. The molecule has 0 amide bonds. The van der Waals surface area contributed by atoms with Crippen molar-refractivity contribution in [2.24, 2.45) is 5.92 Å². The second kappa shape index (κ2) is 6.33. The third-order valence-electron chi connectivity index (χ3n) is 3.04. The number of aromatic nitrogens is 1. The molecule has 0 saturated carbocycles. The van der Waals surface area contributed by atoms with Crippen LogP contribution in [0.2, 0.25) is 0 Å². The van der Waals surface area contributed by atoms with Crippen molar-refractivity contribution in [3.8, 4) is 6.07 Å². The number of nitrogens with zero attached hydrogens (tertiary/aromatic N) is 3. The highest BCUT2D eigenvalue weighted by Crippen LogP contribution is 2.33. The topological polar surface area (TPSA) is 91.8 Å². The molecule has 21 heavy (non-hydrogen) atoms. The minimum absolute atomic E-state index is 0.00573. The predicted octanol–water partition coefficient (Wildman–Crippen LogP) is 3.73. The molecule has 2 aromatic heterocycles. The van der Waals surface area contributed by atoms with Gasteiger partial charge >= 0.3 is 5.69 Å². The standard InChI is InChI=1S/C14H14N4O2S/c1-9(2)12(11-4-3-7-21-11)17-14-13(18(19)20)10(8-15)5-6-16-14/h3-7,9,12H,1-2H3,(H,16,17). The summed E-state index contributed by atoms with van der Waals surface area (Å²) < 4.78 is 0. The first kappa shape index (κ1) is 14.9. The first-order valence-electron chi connectivity index (χ1n) is 6.38. The SMILES string of the molecule is CC(C)C(Nc1nccc(C#N)c1[N+](=O)[O-])c1cccs1. The summed E-state index contributed by atoms with van der Waals surface area (Å²) in [5.41, 5.74) is -0.270. The van der Waals surface area contributed by atoms with Gasteiger partial charge in [-0.2, -0.15) is 5.26 Å². The van der Waals surface area contributed by atoms with Crippen LogP contribution in [0.3, 0.4) is 0 Å². The third-order valence-corrected chi connectivity index (χ3v) is 3.99. The van der Waals surface area contributed by atoms with Gasteiger partial charge in [0.1, 0.15) is 11.6 Å². The van der Waals surface area contributed by atoms with Gasteiger partial charge in [0.2, 0.25) is 5.82 Å². The highest BCUT2D eigenvalue weighted by molar-refractivity contribution is 7.10. The zero-order valence-corrected chi connectivity index (χ0v) is 12.4. The molecule has 7 heteroatoms. The van der Waals surface area contributed by atoms with Crippen LogP contribution in [-0.4, -0.2) is 9.91 Å². The van der Waals surface area contributed by atoms with Gasteiger partial charge in [0.05, 0.1) is 11.0 Å². The Balaban J connectivity index is 2.43. The van der Waals surface area contributed by atoms with Crippen LogP contribution in [0.1, 0.15) is 30.3 Å². The molecule has 0 spiro atoms. The molecule has 0 aliphatic heterocycles. The lowest BCUT2D eigenvalue weighted by molar-refractivity contribution is -0.384. The van der Waals surface area contributed by atoms with Crippen LogP contribution in [0, 0.1) is 27.4 Å². The number of anilines is 1. The van der Waals surface area contributed by atoms with E-state index in [1.54, 1.807) is 11.3 Å². The molecule has 0 aliphatic carbocycles. The molecule has 6 nitrogen and oxygen atoms in total. The van der Waals surface area contributed by atoms with E-state index in [-0.39, 0.29) is 29.0 Å². The maximum Gasteiger partial charge on any atom is 0.328 e. The monoisotopic (exact) mass is 302 g/mol. The molecule has 0 aliphatic rings. The van der Waals surface area contributed by atoms with Gasteiger partial charge in [0.25, 0.3) is 0 Å². The molecule has 1 atom stereocenters. The first-order chi connectivity index (χ1) is 10.0. The van der Waals surface area contributed by atoms with Gasteiger partial charge in [-0.25, -0.2) is 4.98 Å². The second-order valence-corrected chi connectivity index (χ2v) is 5.79. The van der Waals surface area contributed by atoms with E-state index in [0.717, 1.165) is 4.88 Å². The lowest BCUT2D eigenvalue weighted by atomic mass is 10.0. The van der Waals surface area contributed by atoms with Crippen LogP contribution >= 0.6 is 11.3 Å². The Morgan fingerprint density at radius 1 is 1.48 bits per heavy atom. The average Bonchev–Trinajstić information content (AvgIpc) is 2.97. The molecule has 2 heterocycles. The van der Waals surface area contributed by atoms with Crippen molar-refractivity contribution in [1.82, 2.24) is 4.98 Å². The Morgan fingerprint density at radius 3 is 2.76 bits per heavy atom. The summed E-state index contributed by atoms with van der Waals surface area (Å²) in [7, 11) is 0. The van der Waals surface area contributed by atoms with Crippen LogP contribution in [0.15, 0.2) is 29.8 Å². The zero-order chi connectivity index (χ0) is 15.4.